The third-order valence-corrected chi connectivity index (χ3v) is 4.74. The van der Waals surface area contributed by atoms with Crippen LogP contribution < -0.4 is 0 Å². The highest BCUT2D eigenvalue weighted by Gasteiger charge is 2.30. The van der Waals surface area contributed by atoms with E-state index in [0.29, 0.717) is 11.7 Å². The quantitative estimate of drug-likeness (QED) is 0.576. The van der Waals surface area contributed by atoms with Crippen LogP contribution in [0.1, 0.15) is 32.6 Å². The monoisotopic (exact) mass is 262 g/mol. The van der Waals surface area contributed by atoms with Gasteiger partial charge in [0.15, 0.2) is 0 Å². The van der Waals surface area contributed by atoms with Gasteiger partial charge >= 0.3 is 13.6 Å². The predicted molar refractivity (Wildman–Crippen MR) is 63.7 cm³/mol. The minimum absolute atomic E-state index is 0.330. The zero-order valence-corrected chi connectivity index (χ0v) is 11.4. The van der Waals surface area contributed by atoms with Crippen LogP contribution in [0.4, 0.5) is 0 Å². The number of ether oxygens (including phenoxy) is 1. The molecule has 0 spiro atoms. The van der Waals surface area contributed by atoms with E-state index in [1.165, 1.54) is 21.1 Å². The summed E-state index contributed by atoms with van der Waals surface area (Å²) in [5.41, 5.74) is 0. The minimum Gasteiger partial charge on any atom is -0.458 e. The molecule has 0 aromatic heterocycles. The van der Waals surface area contributed by atoms with E-state index >= 15 is 0 Å². The smallest absolute Gasteiger partial charge is 0.356 e. The number of carbonyl (C=O) groups excluding carboxylic acids is 1. The van der Waals surface area contributed by atoms with Crippen LogP contribution in [0.2, 0.25) is 0 Å². The van der Waals surface area contributed by atoms with Crippen LogP contribution in [-0.2, 0) is 23.1 Å². The fraction of sp³-hybridized carbons (Fsp3) is 0.727. The summed E-state index contributed by atoms with van der Waals surface area (Å²) in [6.07, 6.45) is 4.59. The second-order valence-corrected chi connectivity index (χ2v) is 6.21. The number of esters is 1. The number of carbonyl (C=O) groups is 1. The topological polar surface area (TPSA) is 61.8 Å². The third-order valence-electron chi connectivity index (χ3n) is 2.70. The molecule has 0 aromatic rings. The molecule has 0 aromatic carbocycles. The Balaban J connectivity index is 2.90. The van der Waals surface area contributed by atoms with Crippen molar-refractivity contribution in [3.8, 4) is 0 Å². The van der Waals surface area contributed by atoms with E-state index in [9.17, 15) is 9.36 Å². The van der Waals surface area contributed by atoms with Crippen molar-refractivity contribution in [2.75, 3.05) is 14.2 Å². The highest BCUT2D eigenvalue weighted by Crippen LogP contribution is 2.57. The summed E-state index contributed by atoms with van der Waals surface area (Å²) in [4.78, 5) is 10.9. The van der Waals surface area contributed by atoms with Gasteiger partial charge in [-0.25, -0.2) is 0 Å². The third kappa shape index (κ3) is 3.95. The van der Waals surface area contributed by atoms with Gasteiger partial charge in [0.2, 0.25) is 0 Å². The Morgan fingerprint density at radius 2 is 2.00 bits per heavy atom. The molecular formula is C11H19O5P. The van der Waals surface area contributed by atoms with Gasteiger partial charge in [0, 0.05) is 26.5 Å². The molecule has 6 heteroatoms. The number of hydrogen-bond donors (Lipinski definition) is 0. The van der Waals surface area contributed by atoms with Gasteiger partial charge in [-0.05, 0) is 31.8 Å². The van der Waals surface area contributed by atoms with E-state index in [0.717, 1.165) is 19.3 Å². The summed E-state index contributed by atoms with van der Waals surface area (Å²) in [6.45, 7) is 1.37. The van der Waals surface area contributed by atoms with Gasteiger partial charge in [-0.1, -0.05) is 0 Å². The standard InChI is InChI=1S/C11H19O5P/c1-9(12)16-10-6-4-5-7-11(8-10)17(13,14-2)15-3/h8,10H,4-7H2,1-3H3. The predicted octanol–water partition coefficient (Wildman–Crippen LogP) is 2.86. The highest BCUT2D eigenvalue weighted by atomic mass is 31.2. The van der Waals surface area contributed by atoms with E-state index in [1.54, 1.807) is 6.08 Å². The summed E-state index contributed by atoms with van der Waals surface area (Å²) in [5, 5.41) is 0.603. The van der Waals surface area contributed by atoms with Crippen LogP contribution in [0.25, 0.3) is 0 Å². The first-order chi connectivity index (χ1) is 8.01. The van der Waals surface area contributed by atoms with E-state index in [-0.39, 0.29) is 12.1 Å². The van der Waals surface area contributed by atoms with Crippen LogP contribution in [0.5, 0.6) is 0 Å². The van der Waals surface area contributed by atoms with Crippen molar-refractivity contribution in [1.29, 1.82) is 0 Å². The van der Waals surface area contributed by atoms with Crippen LogP contribution >= 0.6 is 7.60 Å². The fourth-order valence-corrected chi connectivity index (χ4v) is 3.28. The Hall–Kier alpha value is -0.640. The van der Waals surface area contributed by atoms with Gasteiger partial charge in [-0.2, -0.15) is 0 Å². The summed E-state index contributed by atoms with van der Waals surface area (Å²) in [7, 11) is -0.479. The Morgan fingerprint density at radius 3 is 2.53 bits per heavy atom. The van der Waals surface area contributed by atoms with Gasteiger partial charge in [0.25, 0.3) is 0 Å². The summed E-state index contributed by atoms with van der Waals surface area (Å²) in [5.74, 6) is -0.336. The molecule has 1 unspecified atom stereocenters. The first-order valence-corrected chi connectivity index (χ1v) is 7.16. The molecule has 0 N–H and O–H groups in total. The molecule has 98 valence electrons. The van der Waals surface area contributed by atoms with Crippen LogP contribution in [0.3, 0.4) is 0 Å². The molecule has 1 rings (SSSR count). The molecule has 0 bridgehead atoms. The molecule has 1 atom stereocenters. The molecule has 17 heavy (non-hydrogen) atoms. The van der Waals surface area contributed by atoms with E-state index in [4.69, 9.17) is 13.8 Å². The Bertz CT molecular complexity index is 342. The lowest BCUT2D eigenvalue weighted by Gasteiger charge is -2.17. The molecule has 0 aliphatic heterocycles. The van der Waals surface area contributed by atoms with Gasteiger partial charge < -0.3 is 13.8 Å². The molecule has 0 saturated carbocycles. The lowest BCUT2D eigenvalue weighted by atomic mass is 10.2. The van der Waals surface area contributed by atoms with Crippen molar-refractivity contribution >= 4 is 13.6 Å². The largest absolute Gasteiger partial charge is 0.458 e. The SMILES string of the molecule is COP(=O)(OC)C1=CC(OC(C)=O)CCCC1. The van der Waals surface area contributed by atoms with Gasteiger partial charge in [-0.15, -0.1) is 0 Å². The lowest BCUT2D eigenvalue weighted by molar-refractivity contribution is -0.144. The van der Waals surface area contributed by atoms with Crippen LogP contribution in [0, 0.1) is 0 Å². The van der Waals surface area contributed by atoms with Crippen molar-refractivity contribution in [1.82, 2.24) is 0 Å². The summed E-state index contributed by atoms with van der Waals surface area (Å²) < 4.78 is 27.3. The minimum atomic E-state index is -3.20. The highest BCUT2D eigenvalue weighted by molar-refractivity contribution is 7.58. The fourth-order valence-electron chi connectivity index (χ4n) is 1.88. The van der Waals surface area contributed by atoms with E-state index < -0.39 is 7.60 Å². The van der Waals surface area contributed by atoms with Crippen molar-refractivity contribution in [3.63, 3.8) is 0 Å². The zero-order valence-electron chi connectivity index (χ0n) is 10.5. The second-order valence-electron chi connectivity index (χ2n) is 3.91. The average Bonchev–Trinajstić information content (AvgIpc) is 2.53. The first kappa shape index (κ1) is 14.4. The number of rotatable bonds is 4. The molecule has 0 amide bonds. The molecular weight excluding hydrogens is 243 g/mol. The normalized spacial score (nSPS) is 21.6. The maximum absolute atomic E-state index is 12.2. The second kappa shape index (κ2) is 6.34. The van der Waals surface area contributed by atoms with Gasteiger partial charge in [-0.3, -0.25) is 9.36 Å². The maximum atomic E-state index is 12.2. The van der Waals surface area contributed by atoms with Crippen molar-refractivity contribution < 1.29 is 23.1 Å². The van der Waals surface area contributed by atoms with Crippen molar-refractivity contribution in [2.24, 2.45) is 0 Å². The number of hydrogen-bond acceptors (Lipinski definition) is 5. The van der Waals surface area contributed by atoms with Gasteiger partial charge in [0.1, 0.15) is 6.10 Å². The maximum Gasteiger partial charge on any atom is 0.356 e. The van der Waals surface area contributed by atoms with Gasteiger partial charge in [0.05, 0.1) is 0 Å². The van der Waals surface area contributed by atoms with Crippen molar-refractivity contribution in [2.45, 2.75) is 38.7 Å². The Morgan fingerprint density at radius 1 is 1.35 bits per heavy atom. The number of allylic oxidation sites excluding steroid dienone is 1. The molecule has 0 heterocycles. The lowest BCUT2D eigenvalue weighted by Crippen LogP contribution is -2.13. The molecule has 5 nitrogen and oxygen atoms in total. The molecule has 1 aliphatic carbocycles. The summed E-state index contributed by atoms with van der Waals surface area (Å²) >= 11 is 0. The Kier molecular flexibility index (Phi) is 5.37. The molecule has 0 fully saturated rings. The van der Waals surface area contributed by atoms with Crippen LogP contribution in [-0.4, -0.2) is 26.3 Å². The van der Waals surface area contributed by atoms with E-state index in [2.05, 4.69) is 0 Å². The molecule has 0 radical (unpaired) electrons. The average molecular weight is 262 g/mol. The molecule has 1 aliphatic rings. The summed E-state index contributed by atoms with van der Waals surface area (Å²) in [6, 6.07) is 0. The molecule has 0 saturated heterocycles. The first-order valence-electron chi connectivity index (χ1n) is 5.62. The Labute approximate surface area is 102 Å². The van der Waals surface area contributed by atoms with E-state index in [1.807, 2.05) is 0 Å². The zero-order chi connectivity index (χ0) is 12.9. The van der Waals surface area contributed by atoms with Crippen LogP contribution in [0.15, 0.2) is 11.4 Å². The van der Waals surface area contributed by atoms with Crippen molar-refractivity contribution in [3.05, 3.63) is 11.4 Å².